The zero-order valence-corrected chi connectivity index (χ0v) is 12.1. The minimum Gasteiger partial charge on any atom is -0.330 e. The van der Waals surface area contributed by atoms with E-state index in [1.165, 1.54) is 0 Å². The molecule has 0 radical (unpaired) electrons. The molecule has 4 heteroatoms. The van der Waals surface area contributed by atoms with Crippen LogP contribution < -0.4 is 5.73 Å². The molecular formula is C14H19Cl2NO. The second kappa shape index (κ2) is 7.78. The van der Waals surface area contributed by atoms with E-state index in [9.17, 15) is 4.79 Å². The Morgan fingerprint density at radius 1 is 1.33 bits per heavy atom. The number of rotatable bonds is 7. The van der Waals surface area contributed by atoms with Crippen LogP contribution in [0.5, 0.6) is 0 Å². The molecule has 0 aromatic heterocycles. The molecule has 0 amide bonds. The molecule has 0 aliphatic rings. The predicted molar refractivity (Wildman–Crippen MR) is 77.2 cm³/mol. The number of carbonyl (C=O) groups excluding carboxylic acids is 1. The molecule has 0 fully saturated rings. The Hall–Kier alpha value is -0.570. The monoisotopic (exact) mass is 287 g/mol. The second-order valence-corrected chi connectivity index (χ2v) is 5.52. The van der Waals surface area contributed by atoms with E-state index in [1.54, 1.807) is 18.2 Å². The quantitative estimate of drug-likeness (QED) is 0.827. The van der Waals surface area contributed by atoms with Crippen molar-refractivity contribution in [2.45, 2.75) is 32.6 Å². The normalized spacial score (nSPS) is 12.4. The van der Waals surface area contributed by atoms with Gasteiger partial charge < -0.3 is 5.73 Å². The summed E-state index contributed by atoms with van der Waals surface area (Å²) >= 11 is 11.9. The number of carbonyl (C=O) groups is 1. The zero-order valence-electron chi connectivity index (χ0n) is 10.6. The summed E-state index contributed by atoms with van der Waals surface area (Å²) in [5.74, 6) is 0.692. The van der Waals surface area contributed by atoms with Gasteiger partial charge in [-0.05, 0) is 49.1 Å². The molecule has 0 heterocycles. The first kappa shape index (κ1) is 15.5. The van der Waals surface area contributed by atoms with Crippen molar-refractivity contribution in [1.29, 1.82) is 0 Å². The molecular weight excluding hydrogens is 269 g/mol. The van der Waals surface area contributed by atoms with Crippen molar-refractivity contribution in [3.63, 3.8) is 0 Å². The van der Waals surface area contributed by atoms with Crippen LogP contribution in [0, 0.1) is 5.92 Å². The number of hydrogen-bond donors (Lipinski definition) is 1. The molecule has 100 valence electrons. The van der Waals surface area contributed by atoms with Gasteiger partial charge in [0.2, 0.25) is 0 Å². The lowest BCUT2D eigenvalue weighted by atomic mass is 9.98. The van der Waals surface area contributed by atoms with E-state index >= 15 is 0 Å². The van der Waals surface area contributed by atoms with Gasteiger partial charge in [0.15, 0.2) is 0 Å². The molecule has 2 nitrogen and oxygen atoms in total. The summed E-state index contributed by atoms with van der Waals surface area (Å²) in [4.78, 5) is 11.9. The number of halogens is 2. The maximum absolute atomic E-state index is 11.9. The number of ketones is 1. The van der Waals surface area contributed by atoms with Crippen molar-refractivity contribution in [2.24, 2.45) is 11.7 Å². The molecule has 1 aromatic rings. The molecule has 0 bridgehead atoms. The summed E-state index contributed by atoms with van der Waals surface area (Å²) in [5, 5.41) is 1.21. The number of nitrogens with two attached hydrogens (primary N) is 1. The van der Waals surface area contributed by atoms with Crippen LogP contribution in [0.4, 0.5) is 0 Å². The Labute approximate surface area is 118 Å². The SMILES string of the molecule is CC(CCN)CCC(=O)Cc1cc(Cl)ccc1Cl. The van der Waals surface area contributed by atoms with Crippen molar-refractivity contribution in [1.82, 2.24) is 0 Å². The average Bonchev–Trinajstić information content (AvgIpc) is 2.32. The van der Waals surface area contributed by atoms with E-state index in [4.69, 9.17) is 28.9 Å². The van der Waals surface area contributed by atoms with Crippen LogP contribution in [0.3, 0.4) is 0 Å². The van der Waals surface area contributed by atoms with E-state index in [0.29, 0.717) is 35.3 Å². The molecule has 18 heavy (non-hydrogen) atoms. The maximum atomic E-state index is 11.9. The van der Waals surface area contributed by atoms with Crippen molar-refractivity contribution >= 4 is 29.0 Å². The summed E-state index contributed by atoms with van der Waals surface area (Å²) < 4.78 is 0. The minimum atomic E-state index is 0.197. The van der Waals surface area contributed by atoms with Crippen LogP contribution >= 0.6 is 23.2 Å². The molecule has 0 saturated carbocycles. The minimum absolute atomic E-state index is 0.197. The zero-order chi connectivity index (χ0) is 13.5. The highest BCUT2D eigenvalue weighted by Crippen LogP contribution is 2.22. The van der Waals surface area contributed by atoms with E-state index in [-0.39, 0.29) is 5.78 Å². The summed E-state index contributed by atoms with van der Waals surface area (Å²) in [7, 11) is 0. The highest BCUT2D eigenvalue weighted by Gasteiger charge is 2.10. The molecule has 1 aromatic carbocycles. The molecule has 2 N–H and O–H groups in total. The predicted octanol–water partition coefficient (Wildman–Crippen LogP) is 3.87. The van der Waals surface area contributed by atoms with Gasteiger partial charge >= 0.3 is 0 Å². The first-order valence-corrected chi connectivity index (χ1v) is 6.94. The van der Waals surface area contributed by atoms with Gasteiger partial charge in [0.05, 0.1) is 0 Å². The third-order valence-corrected chi connectivity index (χ3v) is 3.57. The first-order chi connectivity index (χ1) is 8.52. The van der Waals surface area contributed by atoms with E-state index in [0.717, 1.165) is 18.4 Å². The van der Waals surface area contributed by atoms with Crippen LogP contribution in [0.2, 0.25) is 10.0 Å². The molecule has 1 rings (SSSR count). The van der Waals surface area contributed by atoms with Gasteiger partial charge in [-0.25, -0.2) is 0 Å². The van der Waals surface area contributed by atoms with Gasteiger partial charge in [0.25, 0.3) is 0 Å². The largest absolute Gasteiger partial charge is 0.330 e. The van der Waals surface area contributed by atoms with E-state index in [2.05, 4.69) is 6.92 Å². The van der Waals surface area contributed by atoms with Gasteiger partial charge in [0.1, 0.15) is 5.78 Å². The third-order valence-electron chi connectivity index (χ3n) is 2.97. The van der Waals surface area contributed by atoms with Gasteiger partial charge in [-0.2, -0.15) is 0 Å². The van der Waals surface area contributed by atoms with Gasteiger partial charge in [-0.15, -0.1) is 0 Å². The van der Waals surface area contributed by atoms with Gasteiger partial charge in [-0.1, -0.05) is 30.1 Å². The Morgan fingerprint density at radius 3 is 2.72 bits per heavy atom. The first-order valence-electron chi connectivity index (χ1n) is 6.18. The molecule has 1 unspecified atom stereocenters. The van der Waals surface area contributed by atoms with Crippen LogP contribution in [0.1, 0.15) is 31.7 Å². The number of Topliss-reactive ketones (excluding diaryl/α,β-unsaturated/α-hetero) is 1. The van der Waals surface area contributed by atoms with Crippen LogP contribution in [0.25, 0.3) is 0 Å². The molecule has 0 saturated heterocycles. The highest BCUT2D eigenvalue weighted by atomic mass is 35.5. The summed E-state index contributed by atoms with van der Waals surface area (Å²) in [6, 6.07) is 5.20. The lowest BCUT2D eigenvalue weighted by Crippen LogP contribution is -2.09. The Kier molecular flexibility index (Phi) is 6.69. The van der Waals surface area contributed by atoms with E-state index in [1.807, 2.05) is 0 Å². The second-order valence-electron chi connectivity index (χ2n) is 4.67. The van der Waals surface area contributed by atoms with Crippen molar-refractivity contribution in [3.8, 4) is 0 Å². The standard InChI is InChI=1S/C14H19Cl2NO/c1-10(6-7-17)2-4-13(18)9-11-8-12(15)3-5-14(11)16/h3,5,8,10H,2,4,6-7,9,17H2,1H3. The fourth-order valence-corrected chi connectivity index (χ4v) is 2.19. The van der Waals surface area contributed by atoms with Crippen molar-refractivity contribution in [2.75, 3.05) is 6.54 Å². The Balaban J connectivity index is 2.47. The number of benzene rings is 1. The van der Waals surface area contributed by atoms with E-state index < -0.39 is 0 Å². The summed E-state index contributed by atoms with van der Waals surface area (Å²) in [5.41, 5.74) is 6.28. The fourth-order valence-electron chi connectivity index (χ4n) is 1.82. The van der Waals surface area contributed by atoms with Crippen LogP contribution in [0.15, 0.2) is 18.2 Å². The van der Waals surface area contributed by atoms with Crippen LogP contribution in [-0.4, -0.2) is 12.3 Å². The molecule has 0 aliphatic carbocycles. The average molecular weight is 288 g/mol. The lowest BCUT2D eigenvalue weighted by Gasteiger charge is -2.09. The lowest BCUT2D eigenvalue weighted by molar-refractivity contribution is -0.118. The van der Waals surface area contributed by atoms with Crippen LogP contribution in [-0.2, 0) is 11.2 Å². The van der Waals surface area contributed by atoms with Gasteiger partial charge in [0, 0.05) is 22.9 Å². The third kappa shape index (κ3) is 5.38. The van der Waals surface area contributed by atoms with Crippen molar-refractivity contribution < 1.29 is 4.79 Å². The topological polar surface area (TPSA) is 43.1 Å². The smallest absolute Gasteiger partial charge is 0.137 e. The fraction of sp³-hybridized carbons (Fsp3) is 0.500. The Morgan fingerprint density at radius 2 is 2.06 bits per heavy atom. The van der Waals surface area contributed by atoms with Crippen molar-refractivity contribution in [3.05, 3.63) is 33.8 Å². The summed E-state index contributed by atoms with van der Waals surface area (Å²) in [6.07, 6.45) is 2.78. The molecule has 1 atom stereocenters. The molecule has 0 aliphatic heterocycles. The number of hydrogen-bond acceptors (Lipinski definition) is 2. The van der Waals surface area contributed by atoms with Gasteiger partial charge in [-0.3, -0.25) is 4.79 Å². The molecule has 0 spiro atoms. The highest BCUT2D eigenvalue weighted by molar-refractivity contribution is 6.33. The summed E-state index contributed by atoms with van der Waals surface area (Å²) in [6.45, 7) is 2.79. The maximum Gasteiger partial charge on any atom is 0.137 e. The Bertz CT molecular complexity index is 407.